The lowest BCUT2D eigenvalue weighted by Crippen LogP contribution is -2.18. The van der Waals surface area contributed by atoms with E-state index >= 15 is 0 Å². The summed E-state index contributed by atoms with van der Waals surface area (Å²) in [5.41, 5.74) is 1.03. The SMILES string of the molecule is CCn1c(-c2ccc(F)c(C)c2)nnc1S(N)(=O)=O. The number of hydrogen-bond donors (Lipinski definition) is 1. The van der Waals surface area contributed by atoms with Crippen molar-refractivity contribution in [3.8, 4) is 11.4 Å². The Morgan fingerprint density at radius 1 is 1.37 bits per heavy atom. The van der Waals surface area contributed by atoms with Gasteiger partial charge in [-0.1, -0.05) is 0 Å². The smallest absolute Gasteiger partial charge is 0.273 e. The molecule has 0 bridgehead atoms. The molecule has 0 saturated carbocycles. The molecule has 0 amide bonds. The zero-order valence-electron chi connectivity index (χ0n) is 10.5. The van der Waals surface area contributed by atoms with Crippen LogP contribution in [0.5, 0.6) is 0 Å². The number of rotatable bonds is 3. The minimum absolute atomic E-state index is 0.299. The molecule has 0 saturated heterocycles. The molecule has 0 aliphatic heterocycles. The predicted molar refractivity (Wildman–Crippen MR) is 67.2 cm³/mol. The maximum Gasteiger partial charge on any atom is 0.273 e. The molecule has 102 valence electrons. The molecule has 0 aliphatic carbocycles. The molecule has 2 N–H and O–H groups in total. The molecule has 0 atom stereocenters. The summed E-state index contributed by atoms with van der Waals surface area (Å²) in [6.45, 7) is 3.70. The molecule has 8 heteroatoms. The lowest BCUT2D eigenvalue weighted by Gasteiger charge is -2.07. The number of nitrogens with two attached hydrogens (primary N) is 1. The Labute approximate surface area is 110 Å². The van der Waals surface area contributed by atoms with Crippen LogP contribution in [-0.4, -0.2) is 23.2 Å². The number of aryl methyl sites for hydroxylation is 1. The highest BCUT2D eigenvalue weighted by Gasteiger charge is 2.21. The van der Waals surface area contributed by atoms with Crippen molar-refractivity contribution >= 4 is 10.0 Å². The molecule has 0 fully saturated rings. The van der Waals surface area contributed by atoms with Gasteiger partial charge in [0.25, 0.3) is 15.2 Å². The zero-order valence-corrected chi connectivity index (χ0v) is 11.3. The first-order valence-corrected chi connectivity index (χ1v) is 7.11. The molecule has 1 aromatic carbocycles. The van der Waals surface area contributed by atoms with E-state index in [1.807, 2.05) is 0 Å². The third kappa shape index (κ3) is 2.49. The molecule has 1 aromatic heterocycles. The highest BCUT2D eigenvalue weighted by Crippen LogP contribution is 2.22. The number of benzene rings is 1. The van der Waals surface area contributed by atoms with E-state index in [9.17, 15) is 12.8 Å². The number of halogens is 1. The molecule has 1 heterocycles. The summed E-state index contributed by atoms with van der Waals surface area (Å²) in [5.74, 6) is 0.00705. The fraction of sp³-hybridized carbons (Fsp3) is 0.273. The lowest BCUT2D eigenvalue weighted by atomic mass is 10.1. The Kier molecular flexibility index (Phi) is 3.38. The van der Waals surface area contributed by atoms with Crippen molar-refractivity contribution in [2.75, 3.05) is 0 Å². The largest absolute Gasteiger partial charge is 0.297 e. The van der Waals surface area contributed by atoms with Crippen LogP contribution in [0.2, 0.25) is 0 Å². The predicted octanol–water partition coefficient (Wildman–Crippen LogP) is 1.06. The number of hydrogen-bond acceptors (Lipinski definition) is 4. The molecule has 2 rings (SSSR count). The van der Waals surface area contributed by atoms with Gasteiger partial charge in [0.2, 0.25) is 0 Å². The second-order valence-corrected chi connectivity index (χ2v) is 5.51. The second-order valence-electron chi connectivity index (χ2n) is 4.06. The Bertz CT molecular complexity index is 724. The molecule has 0 aliphatic rings. The first-order valence-electron chi connectivity index (χ1n) is 5.57. The Balaban J connectivity index is 2.63. The average Bonchev–Trinajstić information content (AvgIpc) is 2.76. The van der Waals surface area contributed by atoms with Crippen molar-refractivity contribution in [1.29, 1.82) is 0 Å². The number of aromatic nitrogens is 3. The van der Waals surface area contributed by atoms with Gasteiger partial charge >= 0.3 is 0 Å². The standard InChI is InChI=1S/C11H13FN4O2S/c1-3-16-10(14-15-11(16)19(13,17)18)8-4-5-9(12)7(2)6-8/h4-6H,3H2,1-2H3,(H2,13,17,18). The van der Waals surface area contributed by atoms with Crippen LogP contribution in [0.15, 0.2) is 23.4 Å². The molecule has 2 aromatic rings. The van der Waals surface area contributed by atoms with E-state index in [4.69, 9.17) is 5.14 Å². The Morgan fingerprint density at radius 3 is 2.58 bits per heavy atom. The van der Waals surface area contributed by atoms with Crippen LogP contribution < -0.4 is 5.14 Å². The maximum atomic E-state index is 13.2. The Morgan fingerprint density at radius 2 is 2.05 bits per heavy atom. The van der Waals surface area contributed by atoms with Gasteiger partial charge in [0.1, 0.15) is 5.82 Å². The van der Waals surface area contributed by atoms with E-state index in [0.717, 1.165) is 0 Å². The van der Waals surface area contributed by atoms with Gasteiger partial charge in [-0.2, -0.15) is 0 Å². The first-order chi connectivity index (χ1) is 8.84. The van der Waals surface area contributed by atoms with Gasteiger partial charge in [-0.25, -0.2) is 17.9 Å². The number of sulfonamides is 1. The summed E-state index contributed by atoms with van der Waals surface area (Å²) >= 11 is 0. The molecular formula is C11H13FN4O2S. The fourth-order valence-corrected chi connectivity index (χ4v) is 2.46. The van der Waals surface area contributed by atoms with Crippen molar-refractivity contribution in [2.24, 2.45) is 5.14 Å². The van der Waals surface area contributed by atoms with Crippen LogP contribution in [0.1, 0.15) is 12.5 Å². The van der Waals surface area contributed by atoms with Crippen LogP contribution in [-0.2, 0) is 16.6 Å². The van der Waals surface area contributed by atoms with Gasteiger partial charge in [-0.15, -0.1) is 10.2 Å². The van der Waals surface area contributed by atoms with Crippen molar-refractivity contribution in [3.05, 3.63) is 29.6 Å². The quantitative estimate of drug-likeness (QED) is 0.912. The van der Waals surface area contributed by atoms with Crippen LogP contribution >= 0.6 is 0 Å². The molecule has 19 heavy (non-hydrogen) atoms. The van der Waals surface area contributed by atoms with Gasteiger partial charge in [-0.3, -0.25) is 4.57 Å². The van der Waals surface area contributed by atoms with Crippen LogP contribution in [0.25, 0.3) is 11.4 Å². The first kappa shape index (κ1) is 13.6. The minimum Gasteiger partial charge on any atom is -0.297 e. The van der Waals surface area contributed by atoms with Crippen LogP contribution in [0, 0.1) is 12.7 Å². The summed E-state index contributed by atoms with van der Waals surface area (Å²) in [4.78, 5) is 0. The number of nitrogens with zero attached hydrogens (tertiary/aromatic N) is 3. The molecule has 6 nitrogen and oxygen atoms in total. The zero-order chi connectivity index (χ0) is 14.2. The van der Waals surface area contributed by atoms with Gasteiger partial charge in [0.15, 0.2) is 5.82 Å². The molecule has 0 spiro atoms. The van der Waals surface area contributed by atoms with E-state index in [1.54, 1.807) is 19.9 Å². The van der Waals surface area contributed by atoms with Crippen molar-refractivity contribution in [3.63, 3.8) is 0 Å². The molecule has 0 unspecified atom stereocenters. The maximum absolute atomic E-state index is 13.2. The topological polar surface area (TPSA) is 90.9 Å². The van der Waals surface area contributed by atoms with E-state index in [2.05, 4.69) is 10.2 Å². The summed E-state index contributed by atoms with van der Waals surface area (Å²) in [7, 11) is -3.94. The normalized spacial score (nSPS) is 11.8. The van der Waals surface area contributed by atoms with E-state index in [-0.39, 0.29) is 11.0 Å². The van der Waals surface area contributed by atoms with Crippen LogP contribution in [0.4, 0.5) is 4.39 Å². The van der Waals surface area contributed by atoms with E-state index in [0.29, 0.717) is 23.5 Å². The highest BCUT2D eigenvalue weighted by atomic mass is 32.2. The monoisotopic (exact) mass is 284 g/mol. The van der Waals surface area contributed by atoms with E-state index in [1.165, 1.54) is 16.7 Å². The molecular weight excluding hydrogens is 271 g/mol. The third-order valence-electron chi connectivity index (χ3n) is 2.70. The highest BCUT2D eigenvalue weighted by molar-refractivity contribution is 7.89. The average molecular weight is 284 g/mol. The summed E-state index contributed by atoms with van der Waals surface area (Å²) in [5, 5.41) is 12.2. The van der Waals surface area contributed by atoms with E-state index < -0.39 is 10.0 Å². The van der Waals surface area contributed by atoms with Crippen molar-refractivity contribution < 1.29 is 12.8 Å². The lowest BCUT2D eigenvalue weighted by molar-refractivity contribution is 0.570. The minimum atomic E-state index is -3.94. The van der Waals surface area contributed by atoms with Crippen molar-refractivity contribution in [1.82, 2.24) is 14.8 Å². The van der Waals surface area contributed by atoms with Gasteiger partial charge < -0.3 is 0 Å². The second kappa shape index (κ2) is 4.71. The van der Waals surface area contributed by atoms with Crippen molar-refractivity contribution in [2.45, 2.75) is 25.5 Å². The van der Waals surface area contributed by atoms with Crippen LogP contribution in [0.3, 0.4) is 0 Å². The van der Waals surface area contributed by atoms with Gasteiger partial charge in [-0.05, 0) is 37.6 Å². The summed E-state index contributed by atoms with van der Waals surface area (Å²) in [6.07, 6.45) is 0. The van der Waals surface area contributed by atoms with Gasteiger partial charge in [0, 0.05) is 12.1 Å². The van der Waals surface area contributed by atoms with Gasteiger partial charge in [0.05, 0.1) is 0 Å². The summed E-state index contributed by atoms with van der Waals surface area (Å²) in [6, 6.07) is 4.40. The third-order valence-corrected chi connectivity index (χ3v) is 3.51. The Hall–Kier alpha value is -1.80. The number of primary sulfonamides is 1. The molecule has 0 radical (unpaired) electrons. The summed E-state index contributed by atoms with van der Waals surface area (Å²) < 4.78 is 37.4. The fourth-order valence-electron chi connectivity index (χ4n) is 1.78.